The molecule has 4 fully saturated rings. The number of carbonyl (C=O) groups excluding carboxylic acids is 3. The lowest BCUT2D eigenvalue weighted by Crippen LogP contribution is -2.68. The average Bonchev–Trinajstić information content (AvgIpc) is 3.62. The van der Waals surface area contributed by atoms with Crippen LogP contribution in [0, 0.1) is 64.1 Å². The number of rotatable bonds is 7. The summed E-state index contributed by atoms with van der Waals surface area (Å²) in [6.45, 7) is 14.5. The predicted octanol–water partition coefficient (Wildman–Crippen LogP) is 7.21. The first-order chi connectivity index (χ1) is 25.6. The molecular formula is C41H52O14. The molecule has 0 radical (unpaired) electrons. The molecule has 0 bridgehead atoms. The lowest BCUT2D eigenvalue weighted by molar-refractivity contribution is -0.220. The summed E-state index contributed by atoms with van der Waals surface area (Å²) in [7, 11) is 0. The topological polar surface area (TPSA) is 203 Å². The van der Waals surface area contributed by atoms with E-state index in [1.165, 1.54) is 13.8 Å². The molecule has 4 saturated carbocycles. The van der Waals surface area contributed by atoms with E-state index in [-0.39, 0.29) is 46.6 Å². The highest BCUT2D eigenvalue weighted by Crippen LogP contribution is 2.75. The number of ether oxygens (including phenoxy) is 3. The summed E-state index contributed by atoms with van der Waals surface area (Å²) >= 11 is 0. The zero-order valence-corrected chi connectivity index (χ0v) is 32.9. The Labute approximate surface area is 318 Å². The van der Waals surface area contributed by atoms with Crippen molar-refractivity contribution in [3.05, 3.63) is 55.9 Å². The third-order valence-electron chi connectivity index (χ3n) is 15.7. The molecule has 2 heterocycles. The van der Waals surface area contributed by atoms with Gasteiger partial charge in [-0.25, -0.2) is 14.4 Å². The van der Waals surface area contributed by atoms with Crippen molar-refractivity contribution < 1.29 is 56.2 Å². The Kier molecular flexibility index (Phi) is 9.08. The second-order valence-corrected chi connectivity index (χ2v) is 18.5. The molecule has 0 amide bonds. The molecule has 0 aromatic carbocycles. The first-order valence-corrected chi connectivity index (χ1v) is 19.3. The van der Waals surface area contributed by atoms with Crippen LogP contribution in [0.5, 0.6) is 0 Å². The SMILES string of the molecule is Cc1oc(=O)oc1COC(=O)O[C@H]1CC[C@@]2(C)C(CC[C@]3(C)[C@@H]2C(=O)C=C2[C@@H]4C[C@@](C)(C(=O)O)CC[C@]4(C)CC[C@]23C)[C@]1(C)C(=O)OCc1oc(=O)oc1C. The standard InChI is InChI=1S/C41H52O14/c1-21-26(53-34(47)51-21)19-49-32(45)41(8)28-9-12-40(7)30(38(28,5)11-10-29(41)55-33(46)50-20-27-22(2)52-35(48)54-27)25(42)17-23-24-18-37(4,31(43)44)14-13-36(24,3)15-16-39(23,40)6/h17,24,28-30H,9-16,18-20H2,1-8H3,(H,43,44)/t24-,28?,29-,30+,36+,37-,38-,39+,40+,41-/m0/s1. The van der Waals surface area contributed by atoms with E-state index in [1.807, 2.05) is 13.0 Å². The maximum absolute atomic E-state index is 14.9. The molecular weight excluding hydrogens is 716 g/mol. The molecule has 14 heteroatoms. The molecule has 55 heavy (non-hydrogen) atoms. The summed E-state index contributed by atoms with van der Waals surface area (Å²) in [5.74, 6) is -4.04. The van der Waals surface area contributed by atoms with E-state index >= 15 is 0 Å². The Balaban J connectivity index is 1.23. The molecule has 5 aliphatic carbocycles. The lowest BCUT2D eigenvalue weighted by atomic mass is 9.33. The Bertz CT molecular complexity index is 2080. The van der Waals surface area contributed by atoms with E-state index < -0.39 is 88.0 Å². The third-order valence-corrected chi connectivity index (χ3v) is 15.7. The summed E-state index contributed by atoms with van der Waals surface area (Å²) < 4.78 is 36.9. The van der Waals surface area contributed by atoms with Crippen LogP contribution in [0.2, 0.25) is 0 Å². The van der Waals surface area contributed by atoms with E-state index in [9.17, 15) is 33.9 Å². The van der Waals surface area contributed by atoms with Crippen LogP contribution >= 0.6 is 0 Å². The zero-order chi connectivity index (χ0) is 40.1. The number of allylic oxidation sites excluding steroid dienone is 2. The fraction of sp³-hybridized carbons (Fsp3) is 0.707. The van der Waals surface area contributed by atoms with Gasteiger partial charge in [0, 0.05) is 5.92 Å². The molecule has 2 aromatic rings. The van der Waals surface area contributed by atoms with Crippen molar-refractivity contribution in [2.24, 2.45) is 50.2 Å². The summed E-state index contributed by atoms with van der Waals surface area (Å²) in [5.41, 5.74) is -3.05. The van der Waals surface area contributed by atoms with Gasteiger partial charge in [-0.15, -0.1) is 0 Å². The number of carboxylic acid groups (broad SMARTS) is 1. The van der Waals surface area contributed by atoms with Crippen molar-refractivity contribution in [2.75, 3.05) is 0 Å². The molecule has 0 aliphatic heterocycles. The van der Waals surface area contributed by atoms with Gasteiger partial charge in [0.05, 0.1) is 5.41 Å². The molecule has 2 aromatic heterocycles. The van der Waals surface area contributed by atoms with Crippen LogP contribution in [-0.4, -0.2) is 35.1 Å². The minimum atomic E-state index is -1.48. The molecule has 7 rings (SSSR count). The van der Waals surface area contributed by atoms with Crippen LogP contribution in [-0.2, 0) is 41.8 Å². The predicted molar refractivity (Wildman–Crippen MR) is 190 cm³/mol. The number of fused-ring (bicyclic) bond motifs is 7. The van der Waals surface area contributed by atoms with Crippen molar-refractivity contribution in [3.8, 4) is 0 Å². The fourth-order valence-electron chi connectivity index (χ4n) is 12.1. The summed E-state index contributed by atoms with van der Waals surface area (Å²) in [6, 6.07) is 0. The monoisotopic (exact) mass is 768 g/mol. The normalized spacial score (nSPS) is 39.4. The molecule has 10 atom stereocenters. The van der Waals surface area contributed by atoms with E-state index in [1.54, 1.807) is 6.92 Å². The van der Waals surface area contributed by atoms with Crippen LogP contribution in [0.25, 0.3) is 0 Å². The van der Waals surface area contributed by atoms with Gasteiger partial charge in [-0.1, -0.05) is 33.3 Å². The van der Waals surface area contributed by atoms with Gasteiger partial charge in [0.1, 0.15) is 11.5 Å². The van der Waals surface area contributed by atoms with E-state index in [0.717, 1.165) is 24.8 Å². The summed E-state index contributed by atoms with van der Waals surface area (Å²) in [4.78, 5) is 78.5. The van der Waals surface area contributed by atoms with Crippen molar-refractivity contribution in [1.82, 2.24) is 0 Å². The number of hydrogen-bond donors (Lipinski definition) is 1. The minimum Gasteiger partial charge on any atom is -0.481 e. The van der Waals surface area contributed by atoms with Gasteiger partial charge in [-0.2, -0.15) is 0 Å². The van der Waals surface area contributed by atoms with Crippen LogP contribution in [0.4, 0.5) is 4.79 Å². The maximum atomic E-state index is 14.9. The number of carbonyl (C=O) groups is 4. The molecule has 0 spiro atoms. The van der Waals surface area contributed by atoms with Crippen LogP contribution in [0.15, 0.2) is 38.9 Å². The molecule has 5 aliphatic rings. The van der Waals surface area contributed by atoms with Crippen molar-refractivity contribution in [1.29, 1.82) is 0 Å². The maximum Gasteiger partial charge on any atom is 0.519 e. The van der Waals surface area contributed by atoms with Gasteiger partial charge in [0.25, 0.3) is 0 Å². The third kappa shape index (κ3) is 5.78. The highest BCUT2D eigenvalue weighted by molar-refractivity contribution is 5.96. The van der Waals surface area contributed by atoms with Gasteiger partial charge in [-0.05, 0) is 125 Å². The van der Waals surface area contributed by atoms with Crippen molar-refractivity contribution >= 4 is 23.9 Å². The number of aryl methyl sites for hydroxylation is 2. The number of aliphatic carboxylic acids is 1. The number of hydrogen-bond acceptors (Lipinski definition) is 13. The van der Waals surface area contributed by atoms with E-state index in [2.05, 4.69) is 27.7 Å². The molecule has 1 unspecified atom stereocenters. The van der Waals surface area contributed by atoms with Crippen LogP contribution < -0.4 is 11.6 Å². The second-order valence-electron chi connectivity index (χ2n) is 18.5. The average molecular weight is 769 g/mol. The highest BCUT2D eigenvalue weighted by Gasteiger charge is 2.72. The molecule has 14 nitrogen and oxygen atoms in total. The first kappa shape index (κ1) is 38.9. The Hall–Kier alpha value is -4.36. The van der Waals surface area contributed by atoms with Gasteiger partial charge >= 0.3 is 29.7 Å². The van der Waals surface area contributed by atoms with E-state index in [4.69, 9.17) is 31.9 Å². The second kappa shape index (κ2) is 12.8. The van der Waals surface area contributed by atoms with Gasteiger partial charge in [0.2, 0.25) is 0 Å². The number of ketones is 1. The minimum absolute atomic E-state index is 0.0173. The van der Waals surface area contributed by atoms with Crippen molar-refractivity contribution in [3.63, 3.8) is 0 Å². The highest BCUT2D eigenvalue weighted by atomic mass is 16.7. The van der Waals surface area contributed by atoms with Gasteiger partial charge in [-0.3, -0.25) is 14.4 Å². The summed E-state index contributed by atoms with van der Waals surface area (Å²) in [6.07, 6.45) is 5.12. The Morgan fingerprint density at radius 3 is 1.96 bits per heavy atom. The van der Waals surface area contributed by atoms with Gasteiger partial charge in [0.15, 0.2) is 42.0 Å². The quantitative estimate of drug-likeness (QED) is 0.277. The Morgan fingerprint density at radius 1 is 0.782 bits per heavy atom. The lowest BCUT2D eigenvalue weighted by Gasteiger charge is -2.70. The van der Waals surface area contributed by atoms with Crippen LogP contribution in [0.1, 0.15) is 122 Å². The number of esters is 1. The van der Waals surface area contributed by atoms with Crippen LogP contribution in [0.3, 0.4) is 0 Å². The molecule has 1 N–H and O–H groups in total. The smallest absolute Gasteiger partial charge is 0.481 e. The summed E-state index contributed by atoms with van der Waals surface area (Å²) in [5, 5.41) is 10.3. The first-order valence-electron chi connectivity index (χ1n) is 19.3. The molecule has 300 valence electrons. The zero-order valence-electron chi connectivity index (χ0n) is 32.9. The fourth-order valence-corrected chi connectivity index (χ4v) is 12.1. The molecule has 0 saturated heterocycles. The van der Waals surface area contributed by atoms with Crippen molar-refractivity contribution in [2.45, 2.75) is 132 Å². The van der Waals surface area contributed by atoms with E-state index in [0.29, 0.717) is 32.1 Å². The Morgan fingerprint density at radius 2 is 1.38 bits per heavy atom. The number of carboxylic acids is 1. The largest absolute Gasteiger partial charge is 0.519 e. The van der Waals surface area contributed by atoms with Gasteiger partial charge < -0.3 is 37.0 Å².